The average molecular weight is 1350 g/mol. The fourth-order valence-electron chi connectivity index (χ4n) is 11.5. The van der Waals surface area contributed by atoms with Gasteiger partial charge in [0.2, 0.25) is 41.5 Å². The molecular weight excluding hydrogens is 1230 g/mol. The SMILES string of the molecule is C#CCOCCOCCOCCNc1nc(N2CCN(C(=O)CCCCCCCCCCNC(=O)[C@H](CCCCN)n3cc(CCCC(=O)O)nn3)CC2)nc(N2CCN(C(=O)CCCCCCCCCCNC(=O)[C@H](CCCN=C(N)N)n3cc(C[C@@H](C)CC)nn3)CC2)n1. The van der Waals surface area contributed by atoms with Crippen molar-refractivity contribution in [2.24, 2.45) is 28.1 Å². The summed E-state index contributed by atoms with van der Waals surface area (Å²) in [5, 5.41) is 35.5. The molecule has 4 amide bonds. The number of aryl methyl sites for hydroxylation is 1. The Bertz CT molecular complexity index is 2720. The number of aromatic nitrogens is 9. The fraction of sp³-hybridized carbons (Fsp3) is 0.776. The minimum atomic E-state index is -0.848. The maximum absolute atomic E-state index is 13.4. The van der Waals surface area contributed by atoms with E-state index in [1.54, 1.807) is 15.6 Å². The number of rotatable bonds is 54. The number of hydrogen-bond acceptors (Lipinski definition) is 20. The van der Waals surface area contributed by atoms with Crippen molar-refractivity contribution in [2.75, 3.05) is 140 Å². The lowest BCUT2D eigenvalue weighted by Gasteiger charge is -2.36. The van der Waals surface area contributed by atoms with Gasteiger partial charge in [-0.3, -0.25) is 29.0 Å². The lowest BCUT2D eigenvalue weighted by atomic mass is 10.0. The van der Waals surface area contributed by atoms with Crippen molar-refractivity contribution in [1.82, 2.24) is 65.4 Å². The number of carbonyl (C=O) groups excluding carboxylic acids is 4. The Kier molecular flexibility index (Phi) is 40.0. The zero-order chi connectivity index (χ0) is 68.8. The Morgan fingerprint density at radius 2 is 1.07 bits per heavy atom. The molecule has 29 heteroatoms. The number of aliphatic imine (C=N–C) groups is 1. The van der Waals surface area contributed by atoms with E-state index >= 15 is 0 Å². The van der Waals surface area contributed by atoms with Crippen LogP contribution in [0.25, 0.3) is 0 Å². The highest BCUT2D eigenvalue weighted by molar-refractivity contribution is 5.81. The molecule has 2 saturated heterocycles. The van der Waals surface area contributed by atoms with Gasteiger partial charge >= 0.3 is 5.97 Å². The summed E-state index contributed by atoms with van der Waals surface area (Å²) in [6.45, 7) is 14.0. The summed E-state index contributed by atoms with van der Waals surface area (Å²) in [4.78, 5) is 91.2. The summed E-state index contributed by atoms with van der Waals surface area (Å²) in [5.74, 6) is 3.82. The van der Waals surface area contributed by atoms with Gasteiger partial charge in [0, 0.05) is 110 Å². The van der Waals surface area contributed by atoms with Crippen molar-refractivity contribution < 1.29 is 43.3 Å². The summed E-state index contributed by atoms with van der Waals surface area (Å²) in [5.41, 5.74) is 18.3. The van der Waals surface area contributed by atoms with Gasteiger partial charge in [0.05, 0.1) is 44.4 Å². The summed E-state index contributed by atoms with van der Waals surface area (Å²) in [6, 6.07) is -0.962. The van der Waals surface area contributed by atoms with Gasteiger partial charge in [0.25, 0.3) is 0 Å². The first-order valence-electron chi connectivity index (χ1n) is 35.8. The van der Waals surface area contributed by atoms with Crippen LogP contribution in [0.15, 0.2) is 17.4 Å². The zero-order valence-corrected chi connectivity index (χ0v) is 57.9. The van der Waals surface area contributed by atoms with Crippen molar-refractivity contribution >= 4 is 53.4 Å². The molecule has 0 saturated carbocycles. The first-order chi connectivity index (χ1) is 46.8. The van der Waals surface area contributed by atoms with Gasteiger partial charge in [-0.25, -0.2) is 9.36 Å². The minimum absolute atomic E-state index is 0.0385. The summed E-state index contributed by atoms with van der Waals surface area (Å²) >= 11 is 0. The van der Waals surface area contributed by atoms with Crippen LogP contribution < -0.4 is 43.0 Å². The number of carboxylic acid groups (broad SMARTS) is 1. The Morgan fingerprint density at radius 3 is 1.57 bits per heavy atom. The molecule has 0 aliphatic carbocycles. The van der Waals surface area contributed by atoms with E-state index in [4.69, 9.17) is 57.9 Å². The number of hydrogen-bond donors (Lipinski definition) is 7. The van der Waals surface area contributed by atoms with Crippen molar-refractivity contribution in [3.05, 3.63) is 23.8 Å². The number of piperazine rings is 2. The molecule has 0 unspecified atom stereocenters. The van der Waals surface area contributed by atoms with E-state index in [1.165, 1.54) is 0 Å². The van der Waals surface area contributed by atoms with Crippen LogP contribution in [-0.4, -0.2) is 220 Å². The largest absolute Gasteiger partial charge is 0.481 e. The number of aliphatic carboxylic acids is 1. The van der Waals surface area contributed by atoms with Crippen LogP contribution in [-0.2, 0) is 51.0 Å². The van der Waals surface area contributed by atoms with Crippen LogP contribution in [0.3, 0.4) is 0 Å². The highest BCUT2D eigenvalue weighted by atomic mass is 16.5. The van der Waals surface area contributed by atoms with Gasteiger partial charge in [0.15, 0.2) is 5.96 Å². The molecule has 3 aromatic rings. The molecule has 5 heterocycles. The van der Waals surface area contributed by atoms with E-state index in [0.29, 0.717) is 193 Å². The molecule has 3 aromatic heterocycles. The Hall–Kier alpha value is -7.29. The summed E-state index contributed by atoms with van der Waals surface area (Å²) < 4.78 is 19.9. The molecule has 0 aromatic carbocycles. The normalized spacial score (nSPS) is 14.3. The Balaban J connectivity index is 0.962. The zero-order valence-electron chi connectivity index (χ0n) is 57.9. The number of guanidine groups is 1. The standard InChI is InChI=1S/C67H116N20O9/c1-4-45-94-47-49-96-50-48-95-46-36-74-65-75-66(84-41-37-82(38-42-84)59(88)29-18-14-10-6-8-12-16-22-33-71-62(92)57(27-20-21-32-68)86-52-55(78-80-86)26-24-31-61(90)91)77-67(76-65)85-43-39-83(40-44-85)60(89)30-19-15-11-7-9-13-17-23-34-72-63(93)58(28-25-35-73-64(69)70)87-53-56(79-81-87)51-54(3)5-2/h1,52-54,57-58H,5-51,68H2,2-3H3,(H,71,92)(H,72,93)(H,90,91)(H4,69,70,73)(H,74,75,76,77)/t54-,57-,58-/m0/s1. The number of nitrogens with zero attached hydrogens (tertiary/aromatic N) is 14. The van der Waals surface area contributed by atoms with E-state index < -0.39 is 18.1 Å². The fourth-order valence-corrected chi connectivity index (χ4v) is 11.5. The van der Waals surface area contributed by atoms with E-state index in [0.717, 1.165) is 134 Å². The number of terminal acetylenes is 1. The lowest BCUT2D eigenvalue weighted by Crippen LogP contribution is -2.50. The van der Waals surface area contributed by atoms with E-state index in [2.05, 4.69) is 71.1 Å². The van der Waals surface area contributed by atoms with Crippen molar-refractivity contribution in [3.63, 3.8) is 0 Å². The molecule has 2 aliphatic rings. The number of amides is 4. The molecule has 0 spiro atoms. The van der Waals surface area contributed by atoms with Crippen molar-refractivity contribution in [1.29, 1.82) is 0 Å². The molecule has 0 bridgehead atoms. The van der Waals surface area contributed by atoms with Crippen LogP contribution in [0.2, 0.25) is 0 Å². The molecule has 5 rings (SSSR count). The monoisotopic (exact) mass is 1340 g/mol. The minimum Gasteiger partial charge on any atom is -0.481 e. The second-order valence-electron chi connectivity index (χ2n) is 25.3. The van der Waals surface area contributed by atoms with Crippen molar-refractivity contribution in [3.8, 4) is 12.3 Å². The van der Waals surface area contributed by atoms with Crippen LogP contribution >= 0.6 is 0 Å². The van der Waals surface area contributed by atoms with Gasteiger partial charge in [-0.15, -0.1) is 16.6 Å². The molecule has 29 nitrogen and oxygen atoms in total. The second-order valence-corrected chi connectivity index (χ2v) is 25.3. The maximum Gasteiger partial charge on any atom is 0.303 e. The van der Waals surface area contributed by atoms with Gasteiger partial charge in [0.1, 0.15) is 18.7 Å². The summed E-state index contributed by atoms with van der Waals surface area (Å²) in [7, 11) is 0. The Labute approximate surface area is 569 Å². The third-order valence-corrected chi connectivity index (χ3v) is 17.4. The maximum atomic E-state index is 13.4. The Morgan fingerprint density at radius 1 is 0.594 bits per heavy atom. The molecule has 3 atom stereocenters. The first kappa shape index (κ1) is 79.4. The van der Waals surface area contributed by atoms with E-state index in [1.807, 2.05) is 16.0 Å². The highest BCUT2D eigenvalue weighted by Gasteiger charge is 2.28. The van der Waals surface area contributed by atoms with E-state index in [-0.39, 0.29) is 42.6 Å². The number of carboxylic acids is 1. The number of nitrogens with two attached hydrogens (primary N) is 3. The third kappa shape index (κ3) is 32.6. The quantitative estimate of drug-likeness (QED) is 0.0162. The topological polar surface area (TPSA) is 373 Å². The molecule has 10 N–H and O–H groups in total. The molecule has 538 valence electrons. The number of nitrogens with one attached hydrogen (secondary N) is 3. The van der Waals surface area contributed by atoms with Gasteiger partial charge in [-0.1, -0.05) is 114 Å². The van der Waals surface area contributed by atoms with Gasteiger partial charge < -0.3 is 72.1 Å². The highest BCUT2D eigenvalue weighted by Crippen LogP contribution is 2.23. The predicted octanol–water partition coefficient (Wildman–Crippen LogP) is 5.36. The van der Waals surface area contributed by atoms with Crippen molar-refractivity contribution in [2.45, 2.75) is 206 Å². The van der Waals surface area contributed by atoms with Crippen LogP contribution in [0, 0.1) is 18.3 Å². The molecule has 96 heavy (non-hydrogen) atoms. The van der Waals surface area contributed by atoms with Gasteiger partial charge in [-0.2, -0.15) is 15.0 Å². The summed E-state index contributed by atoms with van der Waals surface area (Å²) in [6.07, 6.45) is 32.5. The predicted molar refractivity (Wildman–Crippen MR) is 371 cm³/mol. The molecular formula is C67H116N20O9. The molecule has 2 fully saturated rings. The number of anilines is 3. The lowest BCUT2D eigenvalue weighted by molar-refractivity contribution is -0.137. The molecule has 2 aliphatic heterocycles. The number of carbonyl (C=O) groups is 5. The number of ether oxygens (including phenoxy) is 3. The van der Waals surface area contributed by atoms with Crippen LogP contribution in [0.1, 0.15) is 204 Å². The molecule has 0 radical (unpaired) electrons. The average Bonchev–Trinajstić information content (AvgIpc) is 1.04. The first-order valence-corrected chi connectivity index (χ1v) is 35.8. The van der Waals surface area contributed by atoms with Gasteiger partial charge in [-0.05, 0) is 89.5 Å². The number of unbranched alkanes of at least 4 members (excludes halogenated alkanes) is 15. The van der Waals surface area contributed by atoms with Crippen LogP contribution in [0.5, 0.6) is 0 Å². The second kappa shape index (κ2) is 48.4. The van der Waals surface area contributed by atoms with E-state index in [9.17, 15) is 24.0 Å². The smallest absolute Gasteiger partial charge is 0.303 e. The third-order valence-electron chi connectivity index (χ3n) is 17.4. The van der Waals surface area contributed by atoms with Crippen LogP contribution in [0.4, 0.5) is 17.8 Å².